The highest BCUT2D eigenvalue weighted by atomic mass is 35.5. The molecule has 0 spiro atoms. The van der Waals surface area contributed by atoms with Gasteiger partial charge < -0.3 is 10.6 Å². The van der Waals surface area contributed by atoms with Crippen LogP contribution >= 0.6 is 23.4 Å². The molecule has 140 valence electrons. The van der Waals surface area contributed by atoms with E-state index in [-0.39, 0.29) is 29.5 Å². The molecule has 1 aliphatic heterocycles. The van der Waals surface area contributed by atoms with E-state index in [0.717, 1.165) is 23.3 Å². The summed E-state index contributed by atoms with van der Waals surface area (Å²) in [6, 6.07) is 11.8. The number of rotatable bonds is 5. The fourth-order valence-electron chi connectivity index (χ4n) is 3.29. The van der Waals surface area contributed by atoms with Gasteiger partial charge in [-0.2, -0.15) is 0 Å². The third-order valence-electron chi connectivity index (χ3n) is 5.07. The van der Waals surface area contributed by atoms with E-state index in [2.05, 4.69) is 10.6 Å². The molecule has 1 heterocycles. The molecule has 1 unspecified atom stereocenters. The van der Waals surface area contributed by atoms with E-state index < -0.39 is 5.25 Å². The van der Waals surface area contributed by atoms with Gasteiger partial charge in [0, 0.05) is 28.3 Å². The van der Waals surface area contributed by atoms with Crippen molar-refractivity contribution in [3.8, 4) is 0 Å². The molecule has 0 bridgehead atoms. The molecule has 4 nitrogen and oxygen atoms in total. The predicted molar refractivity (Wildman–Crippen MR) is 105 cm³/mol. The summed E-state index contributed by atoms with van der Waals surface area (Å²) in [7, 11) is 0. The van der Waals surface area contributed by atoms with Crippen LogP contribution in [0.4, 0.5) is 10.1 Å². The van der Waals surface area contributed by atoms with Crippen LogP contribution in [0.25, 0.3) is 0 Å². The second kappa shape index (κ2) is 7.17. The quantitative estimate of drug-likeness (QED) is 0.787. The molecule has 2 aromatic carbocycles. The Morgan fingerprint density at radius 1 is 1.26 bits per heavy atom. The van der Waals surface area contributed by atoms with Crippen molar-refractivity contribution >= 4 is 40.9 Å². The van der Waals surface area contributed by atoms with Gasteiger partial charge in [0.1, 0.15) is 5.82 Å². The maximum atomic E-state index is 13.1. The van der Waals surface area contributed by atoms with Crippen LogP contribution in [0.15, 0.2) is 47.4 Å². The van der Waals surface area contributed by atoms with Gasteiger partial charge in [-0.3, -0.25) is 9.59 Å². The highest BCUT2D eigenvalue weighted by Crippen LogP contribution is 2.47. The Bertz CT molecular complexity index is 899. The minimum Gasteiger partial charge on any atom is -0.355 e. The summed E-state index contributed by atoms with van der Waals surface area (Å²) >= 11 is 7.32. The van der Waals surface area contributed by atoms with Crippen LogP contribution < -0.4 is 10.6 Å². The van der Waals surface area contributed by atoms with Crippen molar-refractivity contribution in [1.29, 1.82) is 0 Å². The number of thioether (sulfide) groups is 1. The normalized spacial score (nSPS) is 19.8. The first-order valence-corrected chi connectivity index (χ1v) is 10.0. The summed E-state index contributed by atoms with van der Waals surface area (Å²) in [6.07, 6.45) is 2.04. The lowest BCUT2D eigenvalue weighted by atomic mass is 9.96. The molecule has 2 aromatic rings. The van der Waals surface area contributed by atoms with Gasteiger partial charge in [-0.25, -0.2) is 4.39 Å². The van der Waals surface area contributed by atoms with E-state index in [9.17, 15) is 14.0 Å². The van der Waals surface area contributed by atoms with Crippen molar-refractivity contribution in [2.45, 2.75) is 34.8 Å². The summed E-state index contributed by atoms with van der Waals surface area (Å²) in [5, 5.41) is 5.85. The van der Waals surface area contributed by atoms with Crippen molar-refractivity contribution in [3.05, 3.63) is 58.9 Å². The van der Waals surface area contributed by atoms with Gasteiger partial charge in [-0.15, -0.1) is 11.8 Å². The van der Waals surface area contributed by atoms with Crippen molar-refractivity contribution in [3.63, 3.8) is 0 Å². The van der Waals surface area contributed by atoms with E-state index >= 15 is 0 Å². The molecule has 1 atom stereocenters. The zero-order valence-corrected chi connectivity index (χ0v) is 16.0. The number of amides is 2. The number of carbonyl (C=O) groups excluding carboxylic acids is 2. The Hall–Kier alpha value is -2.05. The average Bonchev–Trinajstić information content (AvgIpc) is 3.43. The number of carbonyl (C=O) groups is 2. The largest absolute Gasteiger partial charge is 0.355 e. The molecule has 0 saturated heterocycles. The summed E-state index contributed by atoms with van der Waals surface area (Å²) in [6.45, 7) is 0.503. The Kier molecular flexibility index (Phi) is 4.86. The first-order chi connectivity index (χ1) is 12.9. The number of fused-ring (bicyclic) bond motifs is 1. The van der Waals surface area contributed by atoms with Gasteiger partial charge in [-0.05, 0) is 48.7 Å². The summed E-state index contributed by atoms with van der Waals surface area (Å²) in [5.41, 5.74) is 1.62. The van der Waals surface area contributed by atoms with Gasteiger partial charge >= 0.3 is 0 Å². The third-order valence-corrected chi connectivity index (χ3v) is 6.58. The van der Waals surface area contributed by atoms with E-state index in [1.807, 2.05) is 6.07 Å². The van der Waals surface area contributed by atoms with Crippen molar-refractivity contribution < 1.29 is 14.0 Å². The number of hydrogen-bond donors (Lipinski definition) is 2. The minimum absolute atomic E-state index is 0.103. The molecule has 1 saturated carbocycles. The Morgan fingerprint density at radius 2 is 2.00 bits per heavy atom. The van der Waals surface area contributed by atoms with E-state index in [0.29, 0.717) is 17.3 Å². The maximum Gasteiger partial charge on any atom is 0.238 e. The Labute approximate surface area is 165 Å². The Morgan fingerprint density at radius 3 is 2.70 bits per heavy atom. The highest BCUT2D eigenvalue weighted by molar-refractivity contribution is 8.01. The number of hydrogen-bond acceptors (Lipinski definition) is 3. The molecule has 2 aliphatic rings. The standard InChI is InChI=1S/C20H18ClFN2O2S/c21-13-3-6-16-15(9-13)24-19(26)17(27-16)10-18(25)23-11-20(7-8-20)12-1-4-14(22)5-2-12/h1-6,9,17H,7-8,10-11H2,(H,23,25)(H,24,26). The first kappa shape index (κ1) is 18.3. The molecule has 4 rings (SSSR count). The van der Waals surface area contributed by atoms with Gasteiger partial charge in [0.05, 0.1) is 10.9 Å². The van der Waals surface area contributed by atoms with Gasteiger partial charge in [0.15, 0.2) is 0 Å². The van der Waals surface area contributed by atoms with E-state index in [4.69, 9.17) is 11.6 Å². The number of benzene rings is 2. The van der Waals surface area contributed by atoms with Crippen LogP contribution in [0.3, 0.4) is 0 Å². The Balaban J connectivity index is 1.35. The van der Waals surface area contributed by atoms with Gasteiger partial charge in [0.25, 0.3) is 0 Å². The van der Waals surface area contributed by atoms with Crippen LogP contribution in [-0.4, -0.2) is 23.6 Å². The molecule has 2 N–H and O–H groups in total. The topological polar surface area (TPSA) is 58.2 Å². The molecule has 27 heavy (non-hydrogen) atoms. The first-order valence-electron chi connectivity index (χ1n) is 8.75. The van der Waals surface area contributed by atoms with Gasteiger partial charge in [0.2, 0.25) is 11.8 Å². The molecular weight excluding hydrogens is 387 g/mol. The molecule has 7 heteroatoms. The monoisotopic (exact) mass is 404 g/mol. The predicted octanol–water partition coefficient (Wildman–Crippen LogP) is 4.13. The molecule has 0 radical (unpaired) electrons. The molecular formula is C20H18ClFN2O2S. The molecule has 2 amide bonds. The fourth-order valence-corrected chi connectivity index (χ4v) is 4.55. The van der Waals surface area contributed by atoms with Crippen LogP contribution in [0, 0.1) is 5.82 Å². The number of halogens is 2. The SMILES string of the molecule is O=C(CC1Sc2ccc(Cl)cc2NC1=O)NCC1(c2ccc(F)cc2)CC1. The second-order valence-corrected chi connectivity index (χ2v) is 8.69. The maximum absolute atomic E-state index is 13.1. The minimum atomic E-state index is -0.473. The summed E-state index contributed by atoms with van der Waals surface area (Å²) in [5.74, 6) is -0.612. The highest BCUT2D eigenvalue weighted by Gasteiger charge is 2.44. The van der Waals surface area contributed by atoms with Crippen molar-refractivity contribution in [2.75, 3.05) is 11.9 Å². The smallest absolute Gasteiger partial charge is 0.238 e. The lowest BCUT2D eigenvalue weighted by Gasteiger charge is -2.24. The number of anilines is 1. The van der Waals surface area contributed by atoms with Crippen molar-refractivity contribution in [1.82, 2.24) is 5.32 Å². The van der Waals surface area contributed by atoms with Gasteiger partial charge in [-0.1, -0.05) is 23.7 Å². The third kappa shape index (κ3) is 3.96. The number of nitrogens with one attached hydrogen (secondary N) is 2. The summed E-state index contributed by atoms with van der Waals surface area (Å²) < 4.78 is 13.1. The van der Waals surface area contributed by atoms with Crippen molar-refractivity contribution in [2.24, 2.45) is 0 Å². The lowest BCUT2D eigenvalue weighted by Crippen LogP contribution is -2.37. The lowest BCUT2D eigenvalue weighted by molar-refractivity contribution is -0.124. The van der Waals surface area contributed by atoms with E-state index in [1.54, 1.807) is 24.3 Å². The van der Waals surface area contributed by atoms with Crippen LogP contribution in [0.1, 0.15) is 24.8 Å². The van der Waals surface area contributed by atoms with E-state index in [1.165, 1.54) is 23.9 Å². The average molecular weight is 405 g/mol. The zero-order chi connectivity index (χ0) is 19.0. The molecule has 0 aromatic heterocycles. The second-order valence-electron chi connectivity index (χ2n) is 7.00. The zero-order valence-electron chi connectivity index (χ0n) is 14.4. The van der Waals surface area contributed by atoms with Crippen LogP contribution in [-0.2, 0) is 15.0 Å². The molecule has 1 fully saturated rings. The fraction of sp³-hybridized carbons (Fsp3) is 0.300. The van der Waals surface area contributed by atoms with Crippen LogP contribution in [0.2, 0.25) is 5.02 Å². The van der Waals surface area contributed by atoms with Crippen LogP contribution in [0.5, 0.6) is 0 Å². The molecule has 1 aliphatic carbocycles. The summed E-state index contributed by atoms with van der Waals surface area (Å²) in [4.78, 5) is 25.6.